The van der Waals surface area contributed by atoms with Crippen molar-refractivity contribution in [3.05, 3.63) is 47.5 Å². The van der Waals surface area contributed by atoms with E-state index in [0.29, 0.717) is 11.5 Å². The number of rotatable bonds is 3. The van der Waals surface area contributed by atoms with E-state index in [1.54, 1.807) is 0 Å². The number of esters is 1. The first kappa shape index (κ1) is 12.6. The van der Waals surface area contributed by atoms with Gasteiger partial charge < -0.3 is 4.74 Å². The maximum absolute atomic E-state index is 11.8. The van der Waals surface area contributed by atoms with Crippen molar-refractivity contribution in [2.24, 2.45) is 5.92 Å². The van der Waals surface area contributed by atoms with E-state index in [1.165, 1.54) is 12.5 Å². The highest BCUT2D eigenvalue weighted by molar-refractivity contribution is 5.98. The molecular weight excluding hydrogens is 224 g/mol. The Hall–Kier alpha value is -1.83. The van der Waals surface area contributed by atoms with Crippen LogP contribution >= 0.6 is 0 Å². The number of methoxy groups -OCH3 is 1. The summed E-state index contributed by atoms with van der Waals surface area (Å²) >= 11 is 0. The molecule has 0 radical (unpaired) electrons. The highest BCUT2D eigenvalue weighted by Gasteiger charge is 2.15. The Labute approximate surface area is 108 Å². The van der Waals surface area contributed by atoms with E-state index < -0.39 is 0 Å². The molecule has 2 heteroatoms. The van der Waals surface area contributed by atoms with Crippen molar-refractivity contribution in [1.82, 2.24) is 0 Å². The molecule has 0 N–H and O–H groups in total. The van der Waals surface area contributed by atoms with Crippen LogP contribution in [0.3, 0.4) is 0 Å². The summed E-state index contributed by atoms with van der Waals surface area (Å²) in [6.45, 7) is 4.31. The molecule has 0 aliphatic rings. The smallest absolute Gasteiger partial charge is 0.338 e. The van der Waals surface area contributed by atoms with Crippen LogP contribution < -0.4 is 0 Å². The van der Waals surface area contributed by atoms with Gasteiger partial charge in [-0.1, -0.05) is 44.2 Å². The second-order valence-electron chi connectivity index (χ2n) is 4.90. The summed E-state index contributed by atoms with van der Waals surface area (Å²) in [5.41, 5.74) is 1.78. The summed E-state index contributed by atoms with van der Waals surface area (Å²) in [5.74, 6) is 0.246. The summed E-state index contributed by atoms with van der Waals surface area (Å²) in [7, 11) is 1.43. The number of benzene rings is 2. The van der Waals surface area contributed by atoms with E-state index in [4.69, 9.17) is 4.74 Å². The average Bonchev–Trinajstić information content (AvgIpc) is 2.37. The number of carbonyl (C=O) groups excluding carboxylic acids is 1. The lowest BCUT2D eigenvalue weighted by atomic mass is 9.92. The lowest BCUT2D eigenvalue weighted by molar-refractivity contribution is 0.0599. The largest absolute Gasteiger partial charge is 0.465 e. The molecule has 0 atom stereocenters. The Balaban J connectivity index is 2.66. The predicted molar refractivity (Wildman–Crippen MR) is 73.8 cm³/mol. The fourth-order valence-electron chi connectivity index (χ4n) is 2.27. The molecule has 0 aliphatic heterocycles. The third-order valence-corrected chi connectivity index (χ3v) is 3.06. The Bertz CT molecular complexity index is 570. The molecule has 0 bridgehead atoms. The molecule has 2 aromatic rings. The Morgan fingerprint density at radius 1 is 1.17 bits per heavy atom. The number of hydrogen-bond acceptors (Lipinski definition) is 2. The second kappa shape index (κ2) is 5.21. The summed E-state index contributed by atoms with van der Waals surface area (Å²) in [6, 6.07) is 12.0. The lowest BCUT2D eigenvalue weighted by Gasteiger charge is -2.13. The third-order valence-electron chi connectivity index (χ3n) is 3.06. The maximum atomic E-state index is 11.8. The van der Waals surface area contributed by atoms with Gasteiger partial charge >= 0.3 is 5.97 Å². The van der Waals surface area contributed by atoms with E-state index in [-0.39, 0.29) is 5.97 Å². The van der Waals surface area contributed by atoms with E-state index in [0.717, 1.165) is 17.4 Å². The summed E-state index contributed by atoms with van der Waals surface area (Å²) in [4.78, 5) is 11.8. The highest BCUT2D eigenvalue weighted by atomic mass is 16.5. The molecule has 2 rings (SSSR count). The molecule has 0 fully saturated rings. The zero-order valence-corrected chi connectivity index (χ0v) is 11.1. The van der Waals surface area contributed by atoms with Gasteiger partial charge in [-0.3, -0.25) is 0 Å². The van der Waals surface area contributed by atoms with Gasteiger partial charge in [0, 0.05) is 0 Å². The number of carbonyl (C=O) groups is 1. The van der Waals surface area contributed by atoms with Crippen LogP contribution in [0.4, 0.5) is 0 Å². The molecular formula is C16H18O2. The van der Waals surface area contributed by atoms with Crippen LogP contribution in [0.25, 0.3) is 10.8 Å². The summed E-state index contributed by atoms with van der Waals surface area (Å²) in [5, 5.41) is 2.31. The average molecular weight is 242 g/mol. The molecule has 0 unspecified atom stereocenters. The molecule has 0 spiro atoms. The van der Waals surface area contributed by atoms with Crippen LogP contribution in [0.1, 0.15) is 29.8 Å². The van der Waals surface area contributed by atoms with Crippen LogP contribution in [0, 0.1) is 5.92 Å². The molecule has 0 amide bonds. The molecule has 94 valence electrons. The molecule has 0 saturated heterocycles. The molecule has 2 nitrogen and oxygen atoms in total. The van der Waals surface area contributed by atoms with Crippen molar-refractivity contribution in [3.8, 4) is 0 Å². The standard InChI is InChI=1S/C16H18O2/c1-11(2)10-15-13-7-5-4-6-12(13)8-9-14(15)16(17)18-3/h4-9,11H,10H2,1-3H3. The summed E-state index contributed by atoms with van der Waals surface area (Å²) in [6.07, 6.45) is 0.881. The van der Waals surface area contributed by atoms with E-state index >= 15 is 0 Å². The topological polar surface area (TPSA) is 26.3 Å². The molecule has 0 heterocycles. The lowest BCUT2D eigenvalue weighted by Crippen LogP contribution is -2.08. The van der Waals surface area contributed by atoms with Crippen LogP contribution in [0.5, 0.6) is 0 Å². The monoisotopic (exact) mass is 242 g/mol. The van der Waals surface area contributed by atoms with Crippen LogP contribution in [-0.2, 0) is 11.2 Å². The number of hydrogen-bond donors (Lipinski definition) is 0. The Kier molecular flexibility index (Phi) is 3.66. The molecule has 2 aromatic carbocycles. The van der Waals surface area contributed by atoms with Gasteiger partial charge in [0.25, 0.3) is 0 Å². The highest BCUT2D eigenvalue weighted by Crippen LogP contribution is 2.25. The Morgan fingerprint density at radius 3 is 2.56 bits per heavy atom. The van der Waals surface area contributed by atoms with Crippen molar-refractivity contribution < 1.29 is 9.53 Å². The van der Waals surface area contributed by atoms with Crippen molar-refractivity contribution >= 4 is 16.7 Å². The van der Waals surface area contributed by atoms with E-state index in [1.807, 2.05) is 24.3 Å². The predicted octanol–water partition coefficient (Wildman–Crippen LogP) is 3.82. The first-order valence-corrected chi connectivity index (χ1v) is 6.22. The molecule has 0 aliphatic carbocycles. The fourth-order valence-corrected chi connectivity index (χ4v) is 2.27. The van der Waals surface area contributed by atoms with Gasteiger partial charge in [0.05, 0.1) is 12.7 Å². The van der Waals surface area contributed by atoms with Gasteiger partial charge in [0.2, 0.25) is 0 Å². The van der Waals surface area contributed by atoms with Crippen molar-refractivity contribution in [1.29, 1.82) is 0 Å². The van der Waals surface area contributed by atoms with Crippen molar-refractivity contribution in [3.63, 3.8) is 0 Å². The molecule has 18 heavy (non-hydrogen) atoms. The minimum absolute atomic E-state index is 0.253. The van der Waals surface area contributed by atoms with Crippen molar-refractivity contribution in [2.45, 2.75) is 20.3 Å². The molecule has 0 aromatic heterocycles. The quantitative estimate of drug-likeness (QED) is 0.765. The van der Waals surface area contributed by atoms with Crippen LogP contribution in [0.2, 0.25) is 0 Å². The Morgan fingerprint density at radius 2 is 1.89 bits per heavy atom. The second-order valence-corrected chi connectivity index (χ2v) is 4.90. The number of fused-ring (bicyclic) bond motifs is 1. The van der Waals surface area contributed by atoms with Gasteiger partial charge in [0.1, 0.15) is 0 Å². The minimum atomic E-state index is -0.253. The third kappa shape index (κ3) is 2.37. The van der Waals surface area contributed by atoms with Gasteiger partial charge in [-0.2, -0.15) is 0 Å². The zero-order chi connectivity index (χ0) is 13.1. The van der Waals surface area contributed by atoms with Crippen molar-refractivity contribution in [2.75, 3.05) is 7.11 Å². The first-order chi connectivity index (χ1) is 8.63. The fraction of sp³-hybridized carbons (Fsp3) is 0.312. The summed E-state index contributed by atoms with van der Waals surface area (Å²) < 4.78 is 4.87. The minimum Gasteiger partial charge on any atom is -0.465 e. The molecule has 0 saturated carbocycles. The van der Waals surface area contributed by atoms with Gasteiger partial charge in [-0.15, -0.1) is 0 Å². The van der Waals surface area contributed by atoms with E-state index in [9.17, 15) is 4.79 Å². The van der Waals surface area contributed by atoms with Gasteiger partial charge in [0.15, 0.2) is 0 Å². The number of ether oxygens (including phenoxy) is 1. The normalized spacial score (nSPS) is 10.9. The zero-order valence-electron chi connectivity index (χ0n) is 11.1. The first-order valence-electron chi connectivity index (χ1n) is 6.22. The van der Waals surface area contributed by atoms with Crippen LogP contribution in [-0.4, -0.2) is 13.1 Å². The maximum Gasteiger partial charge on any atom is 0.338 e. The van der Waals surface area contributed by atoms with Gasteiger partial charge in [-0.25, -0.2) is 4.79 Å². The van der Waals surface area contributed by atoms with E-state index in [2.05, 4.69) is 26.0 Å². The van der Waals surface area contributed by atoms with Gasteiger partial charge in [-0.05, 0) is 34.7 Å². The van der Waals surface area contributed by atoms with Crippen LogP contribution in [0.15, 0.2) is 36.4 Å². The SMILES string of the molecule is COC(=O)c1ccc2ccccc2c1CC(C)C.